The van der Waals surface area contributed by atoms with Crippen molar-refractivity contribution in [2.45, 2.75) is 26.2 Å². The molecule has 0 N–H and O–H groups in total. The molecule has 15 heavy (non-hydrogen) atoms. The Hall–Kier alpha value is -0.820. The lowest BCUT2D eigenvalue weighted by molar-refractivity contribution is 0.796. The number of hydrogen-bond donors (Lipinski definition) is 0. The first-order chi connectivity index (χ1) is 7.29. The molecule has 2 rings (SSSR count). The van der Waals surface area contributed by atoms with Crippen LogP contribution in [0.5, 0.6) is 0 Å². The van der Waals surface area contributed by atoms with Crippen molar-refractivity contribution in [2.75, 3.05) is 0 Å². The van der Waals surface area contributed by atoms with Gasteiger partial charge in [-0.2, -0.15) is 0 Å². The minimum absolute atomic E-state index is 1.15. The van der Waals surface area contributed by atoms with Gasteiger partial charge in [0.15, 0.2) is 0 Å². The van der Waals surface area contributed by atoms with E-state index < -0.39 is 0 Å². The minimum atomic E-state index is 1.15. The second-order valence-corrected chi connectivity index (χ2v) is 4.85. The van der Waals surface area contributed by atoms with Gasteiger partial charge in [0.25, 0.3) is 0 Å². The van der Waals surface area contributed by atoms with Crippen LogP contribution in [-0.4, -0.2) is 0 Å². The molecule has 0 fully saturated rings. The zero-order valence-corrected chi connectivity index (χ0v) is 10.5. The average Bonchev–Trinajstić information content (AvgIpc) is 2.26. The number of hydrogen-bond acceptors (Lipinski definition) is 0. The Labute approximate surface area is 99.4 Å². The van der Waals surface area contributed by atoms with Crippen LogP contribution < -0.4 is 0 Å². The topological polar surface area (TPSA) is 0 Å². The van der Waals surface area contributed by atoms with E-state index in [1.807, 2.05) is 0 Å². The van der Waals surface area contributed by atoms with Crippen molar-refractivity contribution >= 4 is 26.7 Å². The van der Waals surface area contributed by atoms with Crippen molar-refractivity contribution in [3.63, 3.8) is 0 Å². The molecule has 0 amide bonds. The highest BCUT2D eigenvalue weighted by atomic mass is 79.9. The third-order valence-electron chi connectivity index (χ3n) is 2.69. The molecule has 2 aromatic carbocycles. The van der Waals surface area contributed by atoms with Crippen LogP contribution in [0, 0.1) is 0 Å². The molecule has 78 valence electrons. The second kappa shape index (κ2) is 4.80. The standard InChI is InChI=1S/C14H15Br/c1-2-3-4-11-5-6-13-10-14(15)8-7-12(13)9-11/h5-10H,2-4H2,1H3. The summed E-state index contributed by atoms with van der Waals surface area (Å²) in [7, 11) is 0. The first-order valence-corrected chi connectivity index (χ1v) is 6.27. The third kappa shape index (κ3) is 2.60. The van der Waals surface area contributed by atoms with Gasteiger partial charge in [-0.1, -0.05) is 53.5 Å². The molecule has 0 aliphatic carbocycles. The van der Waals surface area contributed by atoms with Crippen molar-refractivity contribution in [3.05, 3.63) is 46.4 Å². The maximum atomic E-state index is 3.49. The van der Waals surface area contributed by atoms with Gasteiger partial charge in [0.05, 0.1) is 0 Å². The Bertz CT molecular complexity index is 460. The summed E-state index contributed by atoms with van der Waals surface area (Å²) in [6.45, 7) is 2.23. The number of halogens is 1. The normalized spacial score (nSPS) is 10.8. The number of fused-ring (bicyclic) bond motifs is 1. The molecule has 2 aromatic rings. The highest BCUT2D eigenvalue weighted by Crippen LogP contribution is 2.21. The van der Waals surface area contributed by atoms with Crippen molar-refractivity contribution in [3.8, 4) is 0 Å². The summed E-state index contributed by atoms with van der Waals surface area (Å²) in [5.74, 6) is 0. The number of unbranched alkanes of at least 4 members (excludes halogenated alkanes) is 1. The van der Waals surface area contributed by atoms with Crippen LogP contribution in [0.3, 0.4) is 0 Å². The summed E-state index contributed by atoms with van der Waals surface area (Å²) in [5, 5.41) is 2.65. The van der Waals surface area contributed by atoms with Crippen LogP contribution in [0.1, 0.15) is 25.3 Å². The molecule has 1 heteroatoms. The molecule has 0 spiro atoms. The number of rotatable bonds is 3. The smallest absolute Gasteiger partial charge is 0.0181 e. The maximum Gasteiger partial charge on any atom is 0.0181 e. The fourth-order valence-electron chi connectivity index (χ4n) is 1.80. The van der Waals surface area contributed by atoms with Gasteiger partial charge < -0.3 is 0 Å². The van der Waals surface area contributed by atoms with Gasteiger partial charge in [0.1, 0.15) is 0 Å². The molecule has 0 saturated carbocycles. The Morgan fingerprint density at radius 1 is 1.00 bits per heavy atom. The summed E-state index contributed by atoms with van der Waals surface area (Å²) >= 11 is 3.49. The van der Waals surface area contributed by atoms with Crippen LogP contribution in [0.4, 0.5) is 0 Å². The Balaban J connectivity index is 2.34. The van der Waals surface area contributed by atoms with Crippen LogP contribution >= 0.6 is 15.9 Å². The van der Waals surface area contributed by atoms with Gasteiger partial charge in [-0.05, 0) is 41.3 Å². The maximum absolute atomic E-state index is 3.49. The molecule has 0 aliphatic rings. The Morgan fingerprint density at radius 2 is 1.73 bits per heavy atom. The quantitative estimate of drug-likeness (QED) is 0.735. The molecular formula is C14H15Br. The van der Waals surface area contributed by atoms with Gasteiger partial charge >= 0.3 is 0 Å². The third-order valence-corrected chi connectivity index (χ3v) is 3.18. The SMILES string of the molecule is CCCCc1ccc2cc(Br)ccc2c1. The van der Waals surface area contributed by atoms with Crippen molar-refractivity contribution in [1.82, 2.24) is 0 Å². The number of benzene rings is 2. The van der Waals surface area contributed by atoms with Gasteiger partial charge in [0.2, 0.25) is 0 Å². The highest BCUT2D eigenvalue weighted by Gasteiger charge is 1.97. The largest absolute Gasteiger partial charge is 0.0654 e. The van der Waals surface area contributed by atoms with Crippen LogP contribution in [-0.2, 0) is 6.42 Å². The molecule has 0 radical (unpaired) electrons. The van der Waals surface area contributed by atoms with E-state index in [0.29, 0.717) is 0 Å². The molecule has 0 unspecified atom stereocenters. The Morgan fingerprint density at radius 3 is 2.53 bits per heavy atom. The summed E-state index contributed by atoms with van der Waals surface area (Å²) in [6, 6.07) is 13.2. The van der Waals surface area contributed by atoms with E-state index >= 15 is 0 Å². The molecule has 0 saturated heterocycles. The predicted molar refractivity (Wildman–Crippen MR) is 70.3 cm³/mol. The van der Waals surface area contributed by atoms with E-state index in [-0.39, 0.29) is 0 Å². The molecular weight excluding hydrogens is 248 g/mol. The summed E-state index contributed by atoms with van der Waals surface area (Å²) in [5.41, 5.74) is 1.45. The van der Waals surface area contributed by atoms with Crippen molar-refractivity contribution < 1.29 is 0 Å². The van der Waals surface area contributed by atoms with Crippen molar-refractivity contribution in [2.24, 2.45) is 0 Å². The zero-order chi connectivity index (χ0) is 10.7. The lowest BCUT2D eigenvalue weighted by Gasteiger charge is -2.03. The zero-order valence-electron chi connectivity index (χ0n) is 8.96. The second-order valence-electron chi connectivity index (χ2n) is 3.93. The van der Waals surface area contributed by atoms with Crippen molar-refractivity contribution in [1.29, 1.82) is 0 Å². The van der Waals surface area contributed by atoms with Gasteiger partial charge in [-0.25, -0.2) is 0 Å². The number of aryl methyl sites for hydroxylation is 1. The molecule has 0 aliphatic heterocycles. The first-order valence-electron chi connectivity index (χ1n) is 5.48. The van der Waals surface area contributed by atoms with Crippen LogP contribution in [0.15, 0.2) is 40.9 Å². The van der Waals surface area contributed by atoms with Crippen LogP contribution in [0.2, 0.25) is 0 Å². The summed E-state index contributed by atoms with van der Waals surface area (Å²) in [4.78, 5) is 0. The van der Waals surface area contributed by atoms with E-state index in [4.69, 9.17) is 0 Å². The minimum Gasteiger partial charge on any atom is -0.0654 e. The molecule has 0 heterocycles. The first kappa shape index (κ1) is 10.7. The van der Waals surface area contributed by atoms with E-state index in [1.165, 1.54) is 35.6 Å². The lowest BCUT2D eigenvalue weighted by atomic mass is 10.0. The fourth-order valence-corrected chi connectivity index (χ4v) is 2.18. The van der Waals surface area contributed by atoms with E-state index in [9.17, 15) is 0 Å². The van der Waals surface area contributed by atoms with E-state index in [2.05, 4.69) is 59.3 Å². The average molecular weight is 263 g/mol. The van der Waals surface area contributed by atoms with Gasteiger partial charge in [-0.3, -0.25) is 0 Å². The molecule has 0 bridgehead atoms. The molecule has 0 atom stereocenters. The van der Waals surface area contributed by atoms with Crippen LogP contribution in [0.25, 0.3) is 10.8 Å². The summed E-state index contributed by atoms with van der Waals surface area (Å²) < 4.78 is 1.15. The lowest BCUT2D eigenvalue weighted by Crippen LogP contribution is -1.84. The highest BCUT2D eigenvalue weighted by molar-refractivity contribution is 9.10. The fraction of sp³-hybridized carbons (Fsp3) is 0.286. The monoisotopic (exact) mass is 262 g/mol. The van der Waals surface area contributed by atoms with Gasteiger partial charge in [-0.15, -0.1) is 0 Å². The molecule has 0 nitrogen and oxygen atoms in total. The Kier molecular flexibility index (Phi) is 3.42. The van der Waals surface area contributed by atoms with E-state index in [0.717, 1.165) is 4.47 Å². The van der Waals surface area contributed by atoms with E-state index in [1.54, 1.807) is 0 Å². The van der Waals surface area contributed by atoms with Gasteiger partial charge in [0, 0.05) is 4.47 Å². The molecule has 0 aromatic heterocycles. The predicted octanol–water partition coefficient (Wildman–Crippen LogP) is 4.94. The summed E-state index contributed by atoms with van der Waals surface area (Å²) in [6.07, 6.45) is 3.74.